The van der Waals surface area contributed by atoms with E-state index in [1.54, 1.807) is 42.5 Å². The topological polar surface area (TPSA) is 52.1 Å². The molecule has 3 rings (SSSR count). The van der Waals surface area contributed by atoms with Crippen LogP contribution in [0.3, 0.4) is 0 Å². The fourth-order valence-corrected chi connectivity index (χ4v) is 2.10. The van der Waals surface area contributed by atoms with Crippen LogP contribution in [0.1, 0.15) is 16.1 Å². The summed E-state index contributed by atoms with van der Waals surface area (Å²) in [4.78, 5) is 18.6. The lowest BCUT2D eigenvalue weighted by Crippen LogP contribution is -2.05. The molecule has 0 aliphatic heterocycles. The van der Waals surface area contributed by atoms with E-state index in [0.29, 0.717) is 23.4 Å². The SMILES string of the molecule is O=Cc1cccc(-c2ccc(Oc3ccc(C(F)(F)F)cn3)cc2)n1. The summed E-state index contributed by atoms with van der Waals surface area (Å²) in [5.74, 6) is 0.476. The average molecular weight is 344 g/mol. The summed E-state index contributed by atoms with van der Waals surface area (Å²) in [7, 11) is 0. The highest BCUT2D eigenvalue weighted by atomic mass is 19.4. The number of nitrogens with zero attached hydrogens (tertiary/aromatic N) is 2. The highest BCUT2D eigenvalue weighted by Gasteiger charge is 2.30. The van der Waals surface area contributed by atoms with Crippen LogP contribution in [0, 0.1) is 0 Å². The van der Waals surface area contributed by atoms with E-state index in [0.717, 1.165) is 23.9 Å². The summed E-state index contributed by atoms with van der Waals surface area (Å²) < 4.78 is 42.9. The molecular weight excluding hydrogens is 333 g/mol. The molecule has 0 amide bonds. The molecule has 0 unspecified atom stereocenters. The molecule has 1 aromatic carbocycles. The molecular formula is C18H11F3N2O2. The molecule has 0 aliphatic carbocycles. The Morgan fingerprint density at radius 3 is 2.32 bits per heavy atom. The molecule has 3 aromatic rings. The number of pyridine rings is 2. The molecule has 0 saturated heterocycles. The number of halogens is 3. The zero-order chi connectivity index (χ0) is 17.9. The Balaban J connectivity index is 1.75. The second kappa shape index (κ2) is 6.72. The molecule has 0 aliphatic rings. The van der Waals surface area contributed by atoms with Crippen LogP contribution >= 0.6 is 0 Å². The Bertz CT molecular complexity index is 876. The van der Waals surface area contributed by atoms with E-state index in [2.05, 4.69) is 9.97 Å². The minimum atomic E-state index is -4.43. The zero-order valence-corrected chi connectivity index (χ0v) is 12.7. The fraction of sp³-hybridized carbons (Fsp3) is 0.0556. The van der Waals surface area contributed by atoms with Gasteiger partial charge in [-0.2, -0.15) is 13.2 Å². The third-order valence-corrected chi connectivity index (χ3v) is 3.33. The molecule has 0 spiro atoms. The standard InChI is InChI=1S/C18H11F3N2O2/c19-18(20,21)13-6-9-17(22-10-13)25-15-7-4-12(5-8-15)16-3-1-2-14(11-24)23-16/h1-11H. The average Bonchev–Trinajstić information content (AvgIpc) is 2.62. The van der Waals surface area contributed by atoms with E-state index >= 15 is 0 Å². The fourth-order valence-electron chi connectivity index (χ4n) is 2.10. The van der Waals surface area contributed by atoms with Gasteiger partial charge in [-0.3, -0.25) is 4.79 Å². The van der Waals surface area contributed by atoms with Gasteiger partial charge in [0.25, 0.3) is 0 Å². The number of ether oxygens (including phenoxy) is 1. The van der Waals surface area contributed by atoms with E-state index in [-0.39, 0.29) is 5.88 Å². The smallest absolute Gasteiger partial charge is 0.417 e. The van der Waals surface area contributed by atoms with E-state index in [9.17, 15) is 18.0 Å². The van der Waals surface area contributed by atoms with Gasteiger partial charge in [0.1, 0.15) is 11.4 Å². The summed E-state index contributed by atoms with van der Waals surface area (Å²) in [5.41, 5.74) is 0.892. The third kappa shape index (κ3) is 4.00. The van der Waals surface area contributed by atoms with Crippen molar-refractivity contribution in [3.63, 3.8) is 0 Å². The van der Waals surface area contributed by atoms with Crippen LogP contribution in [0.5, 0.6) is 11.6 Å². The molecule has 0 saturated carbocycles. The second-order valence-corrected chi connectivity index (χ2v) is 5.07. The second-order valence-electron chi connectivity index (χ2n) is 5.07. The van der Waals surface area contributed by atoms with Crippen LogP contribution in [0.2, 0.25) is 0 Å². The van der Waals surface area contributed by atoms with Gasteiger partial charge in [0.2, 0.25) is 5.88 Å². The molecule has 2 heterocycles. The molecule has 2 aromatic heterocycles. The first-order chi connectivity index (χ1) is 12.0. The van der Waals surface area contributed by atoms with Crippen molar-refractivity contribution in [2.75, 3.05) is 0 Å². The molecule has 25 heavy (non-hydrogen) atoms. The normalized spacial score (nSPS) is 11.2. The lowest BCUT2D eigenvalue weighted by Gasteiger charge is -2.08. The van der Waals surface area contributed by atoms with Crippen molar-refractivity contribution in [1.29, 1.82) is 0 Å². The predicted octanol–water partition coefficient (Wildman–Crippen LogP) is 4.77. The number of hydrogen-bond donors (Lipinski definition) is 0. The number of rotatable bonds is 4. The lowest BCUT2D eigenvalue weighted by molar-refractivity contribution is -0.137. The van der Waals surface area contributed by atoms with Crippen molar-refractivity contribution >= 4 is 6.29 Å². The van der Waals surface area contributed by atoms with Gasteiger partial charge < -0.3 is 4.74 Å². The number of aromatic nitrogens is 2. The Morgan fingerprint density at radius 2 is 1.72 bits per heavy atom. The van der Waals surface area contributed by atoms with Crippen molar-refractivity contribution in [1.82, 2.24) is 9.97 Å². The van der Waals surface area contributed by atoms with E-state index in [1.807, 2.05) is 0 Å². The molecule has 126 valence electrons. The summed E-state index contributed by atoms with van der Waals surface area (Å²) in [6, 6.07) is 13.9. The predicted molar refractivity (Wildman–Crippen MR) is 84.4 cm³/mol. The first-order valence-corrected chi connectivity index (χ1v) is 7.19. The largest absolute Gasteiger partial charge is 0.439 e. The van der Waals surface area contributed by atoms with Crippen LogP contribution in [-0.2, 0) is 6.18 Å². The number of alkyl halides is 3. The molecule has 4 nitrogen and oxygen atoms in total. The Labute approximate surface area is 140 Å². The maximum Gasteiger partial charge on any atom is 0.417 e. The van der Waals surface area contributed by atoms with Crippen molar-refractivity contribution in [2.45, 2.75) is 6.18 Å². The Hall–Kier alpha value is -3.22. The van der Waals surface area contributed by atoms with Gasteiger partial charge in [0.15, 0.2) is 6.29 Å². The summed E-state index contributed by atoms with van der Waals surface area (Å²) in [6.45, 7) is 0. The molecule has 0 bridgehead atoms. The van der Waals surface area contributed by atoms with Crippen LogP contribution in [0.4, 0.5) is 13.2 Å². The maximum atomic E-state index is 12.5. The first-order valence-electron chi connectivity index (χ1n) is 7.19. The first kappa shape index (κ1) is 16.6. The number of carbonyl (C=O) groups excluding carboxylic acids is 1. The van der Waals surface area contributed by atoms with Gasteiger partial charge in [-0.25, -0.2) is 9.97 Å². The third-order valence-electron chi connectivity index (χ3n) is 3.33. The highest BCUT2D eigenvalue weighted by Crippen LogP contribution is 2.30. The summed E-state index contributed by atoms with van der Waals surface area (Å²) >= 11 is 0. The van der Waals surface area contributed by atoms with Crippen LogP contribution in [-0.4, -0.2) is 16.3 Å². The quantitative estimate of drug-likeness (QED) is 0.640. The number of carbonyl (C=O) groups is 1. The van der Waals surface area contributed by atoms with Crippen LogP contribution in [0.15, 0.2) is 60.8 Å². The number of hydrogen-bond acceptors (Lipinski definition) is 4. The van der Waals surface area contributed by atoms with Crippen molar-refractivity contribution < 1.29 is 22.7 Å². The van der Waals surface area contributed by atoms with Crippen LogP contribution < -0.4 is 4.74 Å². The summed E-state index contributed by atoms with van der Waals surface area (Å²) in [6.07, 6.45) is -3.05. The van der Waals surface area contributed by atoms with Gasteiger partial charge in [-0.1, -0.05) is 6.07 Å². The lowest BCUT2D eigenvalue weighted by atomic mass is 10.1. The molecule has 0 fully saturated rings. The highest BCUT2D eigenvalue weighted by molar-refractivity contribution is 5.73. The Kier molecular flexibility index (Phi) is 4.47. The number of aldehydes is 1. The minimum Gasteiger partial charge on any atom is -0.439 e. The van der Waals surface area contributed by atoms with Gasteiger partial charge in [0, 0.05) is 17.8 Å². The monoisotopic (exact) mass is 344 g/mol. The van der Waals surface area contributed by atoms with Gasteiger partial charge >= 0.3 is 6.18 Å². The van der Waals surface area contributed by atoms with Gasteiger partial charge in [0.05, 0.1) is 11.3 Å². The van der Waals surface area contributed by atoms with E-state index in [4.69, 9.17) is 4.74 Å². The molecule has 0 N–H and O–H groups in total. The van der Waals surface area contributed by atoms with Crippen molar-refractivity contribution in [2.24, 2.45) is 0 Å². The zero-order valence-electron chi connectivity index (χ0n) is 12.7. The van der Waals surface area contributed by atoms with Gasteiger partial charge in [-0.05, 0) is 42.5 Å². The molecule has 0 radical (unpaired) electrons. The molecule has 7 heteroatoms. The van der Waals surface area contributed by atoms with E-state index < -0.39 is 11.7 Å². The van der Waals surface area contributed by atoms with Crippen molar-refractivity contribution in [3.8, 4) is 22.9 Å². The Morgan fingerprint density at radius 1 is 0.960 bits per heavy atom. The van der Waals surface area contributed by atoms with Crippen LogP contribution in [0.25, 0.3) is 11.3 Å². The molecule has 0 atom stereocenters. The maximum absolute atomic E-state index is 12.5. The van der Waals surface area contributed by atoms with Crippen molar-refractivity contribution in [3.05, 3.63) is 72.1 Å². The van der Waals surface area contributed by atoms with Gasteiger partial charge in [-0.15, -0.1) is 0 Å². The minimum absolute atomic E-state index is 0.0572. The number of benzene rings is 1. The van der Waals surface area contributed by atoms with E-state index in [1.165, 1.54) is 0 Å². The summed E-state index contributed by atoms with van der Waals surface area (Å²) in [5, 5.41) is 0.